The molecule has 0 radical (unpaired) electrons. The van der Waals surface area contributed by atoms with Crippen LogP contribution in [0.3, 0.4) is 0 Å². The van der Waals surface area contributed by atoms with Crippen molar-refractivity contribution in [3.05, 3.63) is 60.3 Å². The number of ether oxygens (including phenoxy) is 1. The summed E-state index contributed by atoms with van der Waals surface area (Å²) in [6.07, 6.45) is 2.09. The van der Waals surface area contributed by atoms with Gasteiger partial charge in [0.2, 0.25) is 0 Å². The number of aromatic nitrogens is 1. The summed E-state index contributed by atoms with van der Waals surface area (Å²) < 4.78 is 7.58. The van der Waals surface area contributed by atoms with E-state index in [-0.39, 0.29) is 17.9 Å². The maximum Gasteiger partial charge on any atom is 0.329 e. The van der Waals surface area contributed by atoms with Gasteiger partial charge in [0.05, 0.1) is 12.3 Å². The van der Waals surface area contributed by atoms with Crippen molar-refractivity contribution in [2.45, 2.75) is 18.4 Å². The van der Waals surface area contributed by atoms with E-state index in [2.05, 4.69) is 33.1 Å². The second kappa shape index (κ2) is 7.13. The Bertz CT molecular complexity index is 1170. The first-order valence-electron chi connectivity index (χ1n) is 10.6. The minimum atomic E-state index is -0.992. The highest BCUT2D eigenvalue weighted by Gasteiger charge is 2.60. The van der Waals surface area contributed by atoms with E-state index in [0.717, 1.165) is 16.5 Å². The number of para-hydroxylation sites is 1. The molecule has 3 aromatic rings. The molecule has 5 rings (SSSR count). The quantitative estimate of drug-likeness (QED) is 0.662. The Kier molecular flexibility index (Phi) is 4.51. The van der Waals surface area contributed by atoms with Crippen molar-refractivity contribution in [1.82, 2.24) is 14.8 Å². The van der Waals surface area contributed by atoms with Gasteiger partial charge in [0.1, 0.15) is 11.3 Å². The highest BCUT2D eigenvalue weighted by molar-refractivity contribution is 6.24. The zero-order valence-electron chi connectivity index (χ0n) is 18.0. The van der Waals surface area contributed by atoms with E-state index in [9.17, 15) is 9.59 Å². The van der Waals surface area contributed by atoms with Crippen LogP contribution in [-0.2, 0) is 11.8 Å². The largest absolute Gasteiger partial charge is 0.494 e. The lowest BCUT2D eigenvalue weighted by Gasteiger charge is -2.27. The Morgan fingerprint density at radius 1 is 1.10 bits per heavy atom. The maximum atomic E-state index is 13.8. The number of carbonyl (C=O) groups is 2. The Morgan fingerprint density at radius 2 is 1.84 bits per heavy atom. The van der Waals surface area contributed by atoms with Crippen LogP contribution in [0.2, 0.25) is 0 Å². The van der Waals surface area contributed by atoms with Gasteiger partial charge in [0.25, 0.3) is 5.91 Å². The number of hydrogen-bond acceptors (Lipinski definition) is 4. The first-order chi connectivity index (χ1) is 14.9. The molecule has 1 aromatic heterocycles. The number of likely N-dealkylation sites (tertiary alicyclic amines) is 1. The normalized spacial score (nSPS) is 23.8. The summed E-state index contributed by atoms with van der Waals surface area (Å²) in [6.45, 7) is 3.64. The minimum Gasteiger partial charge on any atom is -0.494 e. The molecule has 31 heavy (non-hydrogen) atoms. The fourth-order valence-corrected chi connectivity index (χ4v) is 5.11. The van der Waals surface area contributed by atoms with Crippen molar-refractivity contribution in [1.29, 1.82) is 0 Å². The third-order valence-corrected chi connectivity index (χ3v) is 6.44. The average molecular weight is 418 g/mol. The zero-order chi connectivity index (χ0) is 21.8. The standard InChI is InChI=1S/C24H26N4O3/c1-4-31-17-11-9-16(10-12-17)28-22(29)24(25-23(28)30)15-26(2)14-20(24)19-13-27(3)21-8-6-5-7-18(19)21/h5-13,20H,4,14-15H2,1-3H3,(H,25,30)/t20-,24-/m0/s1. The lowest BCUT2D eigenvalue weighted by Crippen LogP contribution is -2.52. The first-order valence-corrected chi connectivity index (χ1v) is 10.6. The SMILES string of the molecule is CCOc1ccc(N2C(=O)N[C@]3(CN(C)C[C@H]3c3cn(C)c4ccccc34)C2=O)cc1. The minimum absolute atomic E-state index is 0.146. The van der Waals surface area contributed by atoms with Crippen LogP contribution in [-0.4, -0.2) is 53.7 Å². The highest BCUT2D eigenvalue weighted by Crippen LogP contribution is 2.43. The monoisotopic (exact) mass is 418 g/mol. The molecule has 2 aliphatic rings. The molecule has 0 bridgehead atoms. The van der Waals surface area contributed by atoms with Gasteiger partial charge in [-0.15, -0.1) is 0 Å². The van der Waals surface area contributed by atoms with Crippen LogP contribution in [0.25, 0.3) is 10.9 Å². The van der Waals surface area contributed by atoms with Gasteiger partial charge >= 0.3 is 6.03 Å². The predicted octanol–water partition coefficient (Wildman–Crippen LogP) is 3.10. The van der Waals surface area contributed by atoms with Gasteiger partial charge in [-0.3, -0.25) is 4.79 Å². The summed E-state index contributed by atoms with van der Waals surface area (Å²) >= 11 is 0. The Morgan fingerprint density at radius 3 is 2.58 bits per heavy atom. The molecule has 2 aliphatic heterocycles. The lowest BCUT2D eigenvalue weighted by atomic mass is 9.81. The smallest absolute Gasteiger partial charge is 0.329 e. The van der Waals surface area contributed by atoms with Gasteiger partial charge in [0.15, 0.2) is 0 Å². The van der Waals surface area contributed by atoms with Gasteiger partial charge in [-0.05, 0) is 49.9 Å². The number of imide groups is 1. The van der Waals surface area contributed by atoms with Crippen LogP contribution in [0, 0.1) is 0 Å². The number of aryl methyl sites for hydroxylation is 1. The van der Waals surface area contributed by atoms with Crippen molar-refractivity contribution in [2.75, 3.05) is 31.6 Å². The summed E-state index contributed by atoms with van der Waals surface area (Å²) in [7, 11) is 4.00. The van der Waals surface area contributed by atoms with E-state index in [1.807, 2.05) is 33.2 Å². The third-order valence-electron chi connectivity index (χ3n) is 6.44. The maximum absolute atomic E-state index is 13.8. The van der Waals surface area contributed by atoms with Crippen LogP contribution in [0.4, 0.5) is 10.5 Å². The van der Waals surface area contributed by atoms with Crippen LogP contribution in [0.5, 0.6) is 5.75 Å². The van der Waals surface area contributed by atoms with Crippen molar-refractivity contribution in [2.24, 2.45) is 7.05 Å². The molecule has 7 heteroatoms. The molecule has 3 amide bonds. The second-order valence-corrected chi connectivity index (χ2v) is 8.43. The van der Waals surface area contributed by atoms with E-state index in [1.165, 1.54) is 4.90 Å². The van der Waals surface area contributed by atoms with Crippen LogP contribution in [0.15, 0.2) is 54.7 Å². The summed E-state index contributed by atoms with van der Waals surface area (Å²) in [4.78, 5) is 30.2. The van der Waals surface area contributed by atoms with Crippen molar-refractivity contribution < 1.29 is 14.3 Å². The summed E-state index contributed by atoms with van der Waals surface area (Å²) in [5, 5.41) is 4.19. The van der Waals surface area contributed by atoms with Gasteiger partial charge < -0.3 is 19.5 Å². The molecule has 0 saturated carbocycles. The average Bonchev–Trinajstić information content (AvgIpc) is 3.35. The lowest BCUT2D eigenvalue weighted by molar-refractivity contribution is -0.122. The number of likely N-dealkylation sites (N-methyl/N-ethyl adjacent to an activating group) is 1. The molecule has 1 N–H and O–H groups in total. The van der Waals surface area contributed by atoms with Crippen molar-refractivity contribution >= 4 is 28.5 Å². The summed E-state index contributed by atoms with van der Waals surface area (Å²) in [5.74, 6) is 0.360. The van der Waals surface area contributed by atoms with Crippen LogP contribution in [0.1, 0.15) is 18.4 Å². The predicted molar refractivity (Wildman–Crippen MR) is 120 cm³/mol. The van der Waals surface area contributed by atoms with Gasteiger partial charge in [0, 0.05) is 43.2 Å². The molecule has 0 aliphatic carbocycles. The number of rotatable bonds is 4. The van der Waals surface area contributed by atoms with Crippen molar-refractivity contribution in [3.63, 3.8) is 0 Å². The Labute approximate surface area is 181 Å². The summed E-state index contributed by atoms with van der Waals surface area (Å²) in [5.41, 5.74) is 1.76. The molecule has 2 aromatic carbocycles. The number of nitrogens with one attached hydrogen (secondary N) is 1. The molecule has 2 fully saturated rings. The molecule has 0 unspecified atom stereocenters. The number of fused-ring (bicyclic) bond motifs is 1. The number of amides is 3. The second-order valence-electron chi connectivity index (χ2n) is 8.43. The third kappa shape index (κ3) is 2.91. The highest BCUT2D eigenvalue weighted by atomic mass is 16.5. The van der Waals surface area contributed by atoms with Gasteiger partial charge in [-0.1, -0.05) is 18.2 Å². The zero-order valence-corrected chi connectivity index (χ0v) is 18.0. The molecule has 7 nitrogen and oxygen atoms in total. The molecule has 160 valence electrons. The first kappa shape index (κ1) is 19.6. The fourth-order valence-electron chi connectivity index (χ4n) is 5.11. The number of nitrogens with zero attached hydrogens (tertiary/aromatic N) is 3. The van der Waals surface area contributed by atoms with E-state index in [0.29, 0.717) is 31.1 Å². The molecule has 2 atom stereocenters. The van der Waals surface area contributed by atoms with Gasteiger partial charge in [-0.2, -0.15) is 0 Å². The molecular formula is C24H26N4O3. The van der Waals surface area contributed by atoms with Crippen LogP contribution < -0.4 is 15.0 Å². The number of carbonyl (C=O) groups excluding carboxylic acids is 2. The van der Waals surface area contributed by atoms with E-state index >= 15 is 0 Å². The van der Waals surface area contributed by atoms with E-state index in [1.54, 1.807) is 24.3 Å². The summed E-state index contributed by atoms with van der Waals surface area (Å²) in [6, 6.07) is 14.9. The number of anilines is 1. The van der Waals surface area contributed by atoms with Crippen LogP contribution >= 0.6 is 0 Å². The van der Waals surface area contributed by atoms with Crippen molar-refractivity contribution in [3.8, 4) is 5.75 Å². The molecular weight excluding hydrogens is 392 g/mol. The van der Waals surface area contributed by atoms with E-state index in [4.69, 9.17) is 4.74 Å². The van der Waals surface area contributed by atoms with Gasteiger partial charge in [-0.25, -0.2) is 9.69 Å². The molecule has 3 heterocycles. The molecule has 2 saturated heterocycles. The molecule has 1 spiro atoms. The number of benzene rings is 2. The topological polar surface area (TPSA) is 66.8 Å². The number of hydrogen-bond donors (Lipinski definition) is 1. The number of urea groups is 1. The Balaban J connectivity index is 1.56. The fraction of sp³-hybridized carbons (Fsp3) is 0.333. The Hall–Kier alpha value is -3.32. The van der Waals surface area contributed by atoms with E-state index < -0.39 is 5.54 Å².